The average molecular weight is 248 g/mol. The van der Waals surface area contributed by atoms with Crippen LogP contribution in [0.15, 0.2) is 0 Å². The van der Waals surface area contributed by atoms with Crippen LogP contribution in [-0.4, -0.2) is 55.6 Å². The summed E-state index contributed by atoms with van der Waals surface area (Å²) in [5, 5.41) is 0. The second-order valence-electron chi connectivity index (χ2n) is 4.71. The molecule has 2 unspecified atom stereocenters. The highest BCUT2D eigenvalue weighted by atomic mass is 32.2. The summed E-state index contributed by atoms with van der Waals surface area (Å²) in [6, 6.07) is -0.245. The second-order valence-corrected chi connectivity index (χ2v) is 6.94. The predicted octanol–water partition coefficient (Wildman–Crippen LogP) is -0.657. The summed E-state index contributed by atoms with van der Waals surface area (Å²) in [6.45, 7) is 2.38. The summed E-state index contributed by atoms with van der Waals surface area (Å²) in [5.74, 6) is 0.198. The molecule has 0 radical (unpaired) electrons. The standard InChI is InChI=1S/C9H16N2O4S/c1-9(5-10)6-11(8(12)15-9)7-2-3-16(13,14)4-7/h7H,2-6,10H2,1H3. The number of hydrogen-bond acceptors (Lipinski definition) is 5. The van der Waals surface area contributed by atoms with Crippen LogP contribution in [0, 0.1) is 0 Å². The van der Waals surface area contributed by atoms with Crippen LogP contribution in [0.4, 0.5) is 4.79 Å². The van der Waals surface area contributed by atoms with Crippen LogP contribution < -0.4 is 5.73 Å². The minimum atomic E-state index is -2.98. The summed E-state index contributed by atoms with van der Waals surface area (Å²) in [5.41, 5.74) is 4.85. The molecule has 16 heavy (non-hydrogen) atoms. The molecule has 0 spiro atoms. The number of sulfone groups is 1. The van der Waals surface area contributed by atoms with Crippen LogP contribution in [-0.2, 0) is 14.6 Å². The highest BCUT2D eigenvalue weighted by molar-refractivity contribution is 7.91. The van der Waals surface area contributed by atoms with E-state index in [0.717, 1.165) is 0 Å². The van der Waals surface area contributed by atoms with E-state index < -0.39 is 21.5 Å². The molecule has 2 saturated heterocycles. The van der Waals surface area contributed by atoms with Gasteiger partial charge in [-0.3, -0.25) is 0 Å². The molecule has 1 amide bonds. The Bertz CT molecular complexity index is 408. The van der Waals surface area contributed by atoms with Crippen molar-refractivity contribution in [2.24, 2.45) is 5.73 Å². The van der Waals surface area contributed by atoms with Crippen molar-refractivity contribution in [2.75, 3.05) is 24.6 Å². The molecule has 7 heteroatoms. The Morgan fingerprint density at radius 2 is 2.31 bits per heavy atom. The van der Waals surface area contributed by atoms with Gasteiger partial charge in [-0.25, -0.2) is 13.2 Å². The molecule has 2 heterocycles. The van der Waals surface area contributed by atoms with Gasteiger partial charge in [-0.15, -0.1) is 0 Å². The highest BCUT2D eigenvalue weighted by Gasteiger charge is 2.46. The molecule has 0 bridgehead atoms. The monoisotopic (exact) mass is 248 g/mol. The molecule has 2 fully saturated rings. The van der Waals surface area contributed by atoms with Gasteiger partial charge in [-0.05, 0) is 13.3 Å². The van der Waals surface area contributed by atoms with Gasteiger partial charge in [-0.1, -0.05) is 0 Å². The minimum Gasteiger partial charge on any atom is -0.440 e. The Morgan fingerprint density at radius 3 is 2.75 bits per heavy atom. The fourth-order valence-electron chi connectivity index (χ4n) is 2.13. The summed E-state index contributed by atoms with van der Waals surface area (Å²) in [4.78, 5) is 13.1. The van der Waals surface area contributed by atoms with Gasteiger partial charge in [0.05, 0.1) is 24.1 Å². The molecule has 0 aliphatic carbocycles. The average Bonchev–Trinajstić information content (AvgIpc) is 2.68. The van der Waals surface area contributed by atoms with Crippen molar-refractivity contribution in [1.29, 1.82) is 0 Å². The lowest BCUT2D eigenvalue weighted by molar-refractivity contribution is 0.0780. The molecule has 0 aromatic rings. The predicted molar refractivity (Wildman–Crippen MR) is 57.7 cm³/mol. The van der Waals surface area contributed by atoms with Crippen molar-refractivity contribution in [2.45, 2.75) is 25.0 Å². The lowest BCUT2D eigenvalue weighted by Crippen LogP contribution is -2.42. The summed E-state index contributed by atoms with van der Waals surface area (Å²) in [7, 11) is -2.98. The van der Waals surface area contributed by atoms with Gasteiger partial charge in [0.15, 0.2) is 9.84 Å². The van der Waals surface area contributed by atoms with Gasteiger partial charge >= 0.3 is 6.09 Å². The van der Waals surface area contributed by atoms with E-state index in [1.54, 1.807) is 6.92 Å². The van der Waals surface area contributed by atoms with Gasteiger partial charge in [-0.2, -0.15) is 0 Å². The van der Waals surface area contributed by atoms with E-state index in [1.165, 1.54) is 4.90 Å². The van der Waals surface area contributed by atoms with E-state index in [2.05, 4.69) is 0 Å². The number of carbonyl (C=O) groups excluding carboxylic acids is 1. The van der Waals surface area contributed by atoms with Gasteiger partial charge in [0.25, 0.3) is 0 Å². The molecule has 6 nitrogen and oxygen atoms in total. The topological polar surface area (TPSA) is 89.7 Å². The van der Waals surface area contributed by atoms with Crippen molar-refractivity contribution in [3.05, 3.63) is 0 Å². The van der Waals surface area contributed by atoms with Crippen LogP contribution >= 0.6 is 0 Å². The molecule has 2 N–H and O–H groups in total. The molecule has 2 aliphatic rings. The first-order valence-electron chi connectivity index (χ1n) is 5.25. The largest absolute Gasteiger partial charge is 0.440 e. The van der Waals surface area contributed by atoms with Crippen molar-refractivity contribution in [3.63, 3.8) is 0 Å². The first-order chi connectivity index (χ1) is 7.35. The maximum atomic E-state index is 11.6. The zero-order chi connectivity index (χ0) is 12.0. The van der Waals surface area contributed by atoms with Gasteiger partial charge in [0.2, 0.25) is 0 Å². The van der Waals surface area contributed by atoms with Crippen LogP contribution in [0.3, 0.4) is 0 Å². The Morgan fingerprint density at radius 1 is 1.62 bits per heavy atom. The Kier molecular flexibility index (Phi) is 2.62. The molecular formula is C9H16N2O4S. The maximum absolute atomic E-state index is 11.6. The van der Waals surface area contributed by atoms with Crippen molar-refractivity contribution in [1.82, 2.24) is 4.90 Å². The fraction of sp³-hybridized carbons (Fsp3) is 0.889. The number of rotatable bonds is 2. The van der Waals surface area contributed by atoms with Crippen LogP contribution in [0.1, 0.15) is 13.3 Å². The van der Waals surface area contributed by atoms with Crippen molar-refractivity contribution < 1.29 is 17.9 Å². The smallest absolute Gasteiger partial charge is 0.410 e. The highest BCUT2D eigenvalue weighted by Crippen LogP contribution is 2.27. The van der Waals surface area contributed by atoms with Crippen LogP contribution in [0.2, 0.25) is 0 Å². The van der Waals surface area contributed by atoms with E-state index in [9.17, 15) is 13.2 Å². The van der Waals surface area contributed by atoms with E-state index in [4.69, 9.17) is 10.5 Å². The molecule has 2 aliphatic heterocycles. The molecule has 2 rings (SSSR count). The number of nitrogens with zero attached hydrogens (tertiary/aromatic N) is 1. The molecule has 92 valence electrons. The van der Waals surface area contributed by atoms with E-state index in [-0.39, 0.29) is 24.1 Å². The van der Waals surface area contributed by atoms with Crippen molar-refractivity contribution in [3.8, 4) is 0 Å². The Labute approximate surface area is 94.6 Å². The molecule has 2 atom stereocenters. The zero-order valence-corrected chi connectivity index (χ0v) is 10.00. The Balaban J connectivity index is 2.10. The second kappa shape index (κ2) is 3.59. The molecule has 0 saturated carbocycles. The molecular weight excluding hydrogens is 232 g/mol. The third-order valence-electron chi connectivity index (χ3n) is 3.15. The summed E-state index contributed by atoms with van der Waals surface area (Å²) < 4.78 is 27.8. The lowest BCUT2D eigenvalue weighted by atomic mass is 10.1. The number of nitrogens with two attached hydrogens (primary N) is 1. The normalized spacial score (nSPS) is 37.8. The summed E-state index contributed by atoms with van der Waals surface area (Å²) >= 11 is 0. The first-order valence-corrected chi connectivity index (χ1v) is 7.07. The fourth-order valence-corrected chi connectivity index (χ4v) is 3.86. The Hall–Kier alpha value is -0.820. The first kappa shape index (κ1) is 11.7. The zero-order valence-electron chi connectivity index (χ0n) is 9.18. The van der Waals surface area contributed by atoms with Gasteiger partial charge in [0.1, 0.15) is 5.60 Å². The van der Waals surface area contributed by atoms with Gasteiger partial charge in [0, 0.05) is 6.54 Å². The maximum Gasteiger partial charge on any atom is 0.410 e. The molecule has 0 aromatic heterocycles. The SMILES string of the molecule is CC1(CN)CN(C2CCS(=O)(=O)C2)C(=O)O1. The van der Waals surface area contributed by atoms with E-state index in [1.807, 2.05) is 0 Å². The third-order valence-corrected chi connectivity index (χ3v) is 4.90. The molecule has 0 aromatic carbocycles. The van der Waals surface area contributed by atoms with Gasteiger partial charge < -0.3 is 15.4 Å². The number of ether oxygens (including phenoxy) is 1. The van der Waals surface area contributed by atoms with E-state index in [0.29, 0.717) is 13.0 Å². The third kappa shape index (κ3) is 2.01. The number of hydrogen-bond donors (Lipinski definition) is 1. The van der Waals surface area contributed by atoms with Crippen LogP contribution in [0.5, 0.6) is 0 Å². The lowest BCUT2D eigenvalue weighted by Gasteiger charge is -2.22. The number of carbonyl (C=O) groups is 1. The minimum absolute atomic E-state index is 0.0444. The quantitative estimate of drug-likeness (QED) is 0.701. The van der Waals surface area contributed by atoms with E-state index >= 15 is 0 Å². The van der Waals surface area contributed by atoms with Crippen LogP contribution in [0.25, 0.3) is 0 Å². The number of cyclic esters (lactones) is 1. The van der Waals surface area contributed by atoms with Crippen molar-refractivity contribution >= 4 is 15.9 Å². The summed E-state index contributed by atoms with van der Waals surface area (Å²) in [6.07, 6.45) is 0.0491. The number of amides is 1.